The molecular weight excluding hydrogens is 156 g/mol. The lowest BCUT2D eigenvalue weighted by Crippen LogP contribution is -2.30. The molecule has 1 saturated heterocycles. The molecule has 0 unspecified atom stereocenters. The van der Waals surface area contributed by atoms with Crippen molar-refractivity contribution in [1.29, 1.82) is 0 Å². The van der Waals surface area contributed by atoms with Crippen LogP contribution < -0.4 is 11.1 Å². The Morgan fingerprint density at radius 2 is 2.58 bits per heavy atom. The molecule has 0 aromatic heterocycles. The van der Waals surface area contributed by atoms with Gasteiger partial charge < -0.3 is 16.0 Å². The summed E-state index contributed by atoms with van der Waals surface area (Å²) in [5, 5.41) is 3.08. The molecule has 1 fully saturated rings. The number of rotatable bonds is 1. The summed E-state index contributed by atoms with van der Waals surface area (Å²) in [6, 6.07) is 0. The van der Waals surface area contributed by atoms with Crippen LogP contribution in [-0.2, 0) is 4.79 Å². The molecule has 2 rings (SSSR count). The Kier molecular flexibility index (Phi) is 1.49. The van der Waals surface area contributed by atoms with Gasteiger partial charge in [0.15, 0.2) is 5.70 Å². The number of carbonyl (C=O) groups excluding carboxylic acids is 1. The number of nitrogens with one attached hydrogen (secondary N) is 1. The molecule has 2 aliphatic heterocycles. The Labute approximate surface area is 69.9 Å². The molecule has 0 aromatic carbocycles. The highest BCUT2D eigenvalue weighted by molar-refractivity contribution is 5.94. The molecule has 0 spiro atoms. The van der Waals surface area contributed by atoms with Gasteiger partial charge in [-0.25, -0.2) is 4.99 Å². The molecule has 2 aliphatic rings. The molecule has 0 saturated carbocycles. The third kappa shape index (κ3) is 0.939. The van der Waals surface area contributed by atoms with Crippen molar-refractivity contribution in [3.8, 4) is 0 Å². The van der Waals surface area contributed by atoms with Gasteiger partial charge in [-0.05, 0) is 0 Å². The number of hydrogen-bond acceptors (Lipinski definition) is 4. The number of fused-ring (bicyclic) bond motifs is 1. The van der Waals surface area contributed by atoms with E-state index in [1.807, 2.05) is 4.90 Å². The number of hydrogen-bond donors (Lipinski definition) is 2. The van der Waals surface area contributed by atoms with Crippen molar-refractivity contribution in [3.63, 3.8) is 0 Å². The van der Waals surface area contributed by atoms with Gasteiger partial charge >= 0.3 is 0 Å². The summed E-state index contributed by atoms with van der Waals surface area (Å²) in [5.74, 6) is 0.311. The van der Waals surface area contributed by atoms with Crippen molar-refractivity contribution in [2.24, 2.45) is 10.7 Å². The predicted octanol–water partition coefficient (Wildman–Crippen LogP) is -1.37. The van der Waals surface area contributed by atoms with E-state index in [4.69, 9.17) is 5.73 Å². The second-order valence-electron chi connectivity index (χ2n) is 2.75. The van der Waals surface area contributed by atoms with Crippen molar-refractivity contribution < 1.29 is 4.79 Å². The summed E-state index contributed by atoms with van der Waals surface area (Å²) in [6.07, 6.45) is 1.70. The Hall–Kier alpha value is -1.52. The Bertz CT molecular complexity index is 281. The summed E-state index contributed by atoms with van der Waals surface area (Å²) in [7, 11) is 0. The molecule has 64 valence electrons. The fraction of sp³-hybridized carbons (Fsp3) is 0.429. The zero-order chi connectivity index (χ0) is 8.55. The van der Waals surface area contributed by atoms with E-state index in [1.165, 1.54) is 0 Å². The van der Waals surface area contributed by atoms with Gasteiger partial charge in [-0.15, -0.1) is 0 Å². The maximum atomic E-state index is 10.9. The highest BCUT2D eigenvalue weighted by Crippen LogP contribution is 2.15. The van der Waals surface area contributed by atoms with E-state index in [1.54, 1.807) is 6.21 Å². The third-order valence-electron chi connectivity index (χ3n) is 1.97. The minimum atomic E-state index is -0.472. The minimum Gasteiger partial charge on any atom is -0.368 e. The maximum Gasteiger partial charge on any atom is 0.271 e. The molecule has 3 N–H and O–H groups in total. The molecule has 0 aromatic rings. The molecular formula is C7H10N4O. The van der Waals surface area contributed by atoms with Crippen LogP contribution in [0.3, 0.4) is 0 Å². The standard InChI is InChI=1S/C7H10N4O/c8-6(12)5-7-10-2-4-11(7)3-1-9-5/h1,10H,2-4H2,(H2,8,12). The summed E-state index contributed by atoms with van der Waals surface area (Å²) < 4.78 is 0. The summed E-state index contributed by atoms with van der Waals surface area (Å²) >= 11 is 0. The predicted molar refractivity (Wildman–Crippen MR) is 44.3 cm³/mol. The lowest BCUT2D eigenvalue weighted by molar-refractivity contribution is -0.114. The smallest absolute Gasteiger partial charge is 0.271 e. The van der Waals surface area contributed by atoms with Crippen LogP contribution in [0.25, 0.3) is 0 Å². The van der Waals surface area contributed by atoms with Gasteiger partial charge in [0, 0.05) is 19.3 Å². The van der Waals surface area contributed by atoms with Gasteiger partial charge in [0.1, 0.15) is 5.82 Å². The number of nitrogens with zero attached hydrogens (tertiary/aromatic N) is 2. The van der Waals surface area contributed by atoms with Crippen LogP contribution >= 0.6 is 0 Å². The molecule has 0 radical (unpaired) electrons. The molecule has 5 nitrogen and oxygen atoms in total. The van der Waals surface area contributed by atoms with Crippen molar-refractivity contribution in [3.05, 3.63) is 11.5 Å². The van der Waals surface area contributed by atoms with E-state index >= 15 is 0 Å². The minimum absolute atomic E-state index is 0.346. The van der Waals surface area contributed by atoms with Crippen molar-refractivity contribution >= 4 is 12.1 Å². The fourth-order valence-corrected chi connectivity index (χ4v) is 1.42. The molecule has 1 amide bonds. The van der Waals surface area contributed by atoms with Crippen LogP contribution in [0.1, 0.15) is 0 Å². The van der Waals surface area contributed by atoms with E-state index in [-0.39, 0.29) is 0 Å². The number of primary amides is 1. The first-order valence-electron chi connectivity index (χ1n) is 3.84. The lowest BCUT2D eigenvalue weighted by Gasteiger charge is -2.20. The highest BCUT2D eigenvalue weighted by Gasteiger charge is 2.24. The summed E-state index contributed by atoms with van der Waals surface area (Å²) in [4.78, 5) is 16.9. The van der Waals surface area contributed by atoms with Crippen molar-refractivity contribution in [2.75, 3.05) is 19.6 Å². The van der Waals surface area contributed by atoms with Crippen LogP contribution in [0.15, 0.2) is 16.5 Å². The largest absolute Gasteiger partial charge is 0.368 e. The molecule has 0 bridgehead atoms. The molecule has 12 heavy (non-hydrogen) atoms. The lowest BCUT2D eigenvalue weighted by atomic mass is 10.3. The van der Waals surface area contributed by atoms with Crippen molar-refractivity contribution in [2.45, 2.75) is 0 Å². The highest BCUT2D eigenvalue weighted by atomic mass is 16.1. The van der Waals surface area contributed by atoms with Gasteiger partial charge in [-0.2, -0.15) is 0 Å². The number of aliphatic imine (C=N–C) groups is 1. The molecule has 0 atom stereocenters. The van der Waals surface area contributed by atoms with Crippen LogP contribution in [0.5, 0.6) is 0 Å². The Morgan fingerprint density at radius 3 is 3.33 bits per heavy atom. The maximum absolute atomic E-state index is 10.9. The van der Waals surface area contributed by atoms with Gasteiger partial charge in [-0.3, -0.25) is 4.79 Å². The monoisotopic (exact) mass is 166 g/mol. The van der Waals surface area contributed by atoms with Gasteiger partial charge in [-0.1, -0.05) is 0 Å². The quantitative estimate of drug-likeness (QED) is 0.505. The second-order valence-corrected chi connectivity index (χ2v) is 2.75. The van der Waals surface area contributed by atoms with Gasteiger partial charge in [0.25, 0.3) is 5.91 Å². The zero-order valence-electron chi connectivity index (χ0n) is 6.58. The first-order valence-corrected chi connectivity index (χ1v) is 3.84. The van der Waals surface area contributed by atoms with Crippen molar-refractivity contribution in [1.82, 2.24) is 10.2 Å². The van der Waals surface area contributed by atoms with Gasteiger partial charge in [0.2, 0.25) is 0 Å². The van der Waals surface area contributed by atoms with Crippen LogP contribution in [0, 0.1) is 0 Å². The number of amides is 1. The zero-order valence-corrected chi connectivity index (χ0v) is 6.58. The SMILES string of the molecule is NC(=O)C1=C2NCCN2CC=N1. The summed E-state index contributed by atoms with van der Waals surface area (Å²) in [6.45, 7) is 2.53. The molecule has 5 heteroatoms. The molecule has 0 aliphatic carbocycles. The van der Waals surface area contributed by atoms with Crippen LogP contribution in [-0.4, -0.2) is 36.7 Å². The Morgan fingerprint density at radius 1 is 1.75 bits per heavy atom. The first kappa shape index (κ1) is 7.15. The van der Waals surface area contributed by atoms with Crippen LogP contribution in [0.4, 0.5) is 0 Å². The van der Waals surface area contributed by atoms with E-state index in [0.29, 0.717) is 5.70 Å². The van der Waals surface area contributed by atoms with Crippen LogP contribution in [0.2, 0.25) is 0 Å². The Balaban J connectivity index is 2.38. The molecule has 2 heterocycles. The average molecular weight is 166 g/mol. The summed E-state index contributed by atoms with van der Waals surface area (Å²) in [5.41, 5.74) is 5.49. The topological polar surface area (TPSA) is 70.7 Å². The number of nitrogens with two attached hydrogens (primary N) is 1. The van der Waals surface area contributed by atoms with E-state index in [9.17, 15) is 4.79 Å². The van der Waals surface area contributed by atoms with Gasteiger partial charge in [0.05, 0.1) is 6.54 Å². The normalized spacial score (nSPS) is 20.8. The van der Waals surface area contributed by atoms with E-state index in [0.717, 1.165) is 25.5 Å². The fourth-order valence-electron chi connectivity index (χ4n) is 1.42. The van der Waals surface area contributed by atoms with E-state index < -0.39 is 5.91 Å². The first-order chi connectivity index (χ1) is 5.79. The average Bonchev–Trinajstić information content (AvgIpc) is 2.49. The second kappa shape index (κ2) is 2.51. The number of carbonyl (C=O) groups is 1. The third-order valence-corrected chi connectivity index (χ3v) is 1.97. The van der Waals surface area contributed by atoms with E-state index in [2.05, 4.69) is 10.3 Å².